The predicted molar refractivity (Wildman–Crippen MR) is 50.8 cm³/mol. The Labute approximate surface area is 64.4 Å². The highest BCUT2D eigenvalue weighted by Crippen LogP contribution is 2.06. The zero-order valence-corrected chi connectivity index (χ0v) is 6.55. The van der Waals surface area contributed by atoms with E-state index < -0.39 is 0 Å². The van der Waals surface area contributed by atoms with Gasteiger partial charge >= 0.3 is 0 Å². The largest absolute Gasteiger partial charge is 0.151 e. The van der Waals surface area contributed by atoms with E-state index in [1.807, 2.05) is 18.2 Å². The van der Waals surface area contributed by atoms with E-state index in [-0.39, 0.29) is 0 Å². The Morgan fingerprint density at radius 1 is 0.800 bits per heavy atom. The van der Waals surface area contributed by atoms with Crippen molar-refractivity contribution in [3.63, 3.8) is 0 Å². The van der Waals surface area contributed by atoms with Gasteiger partial charge in [-0.05, 0) is 0 Å². The molecule has 0 bridgehead atoms. The van der Waals surface area contributed by atoms with Crippen LogP contribution >= 0.6 is 0 Å². The van der Waals surface area contributed by atoms with Gasteiger partial charge in [-0.3, -0.25) is 0 Å². The lowest BCUT2D eigenvalue weighted by Gasteiger charge is -2.03. The molecule has 0 atom stereocenters. The maximum atomic E-state index is 3.70. The van der Waals surface area contributed by atoms with Gasteiger partial charge in [-0.25, -0.2) is 0 Å². The molecule has 10 heavy (non-hydrogen) atoms. The van der Waals surface area contributed by atoms with Crippen LogP contribution in [0.1, 0.15) is 0 Å². The lowest BCUT2D eigenvalue weighted by Crippen LogP contribution is -2.07. The average molecular weight is 134 g/mol. The molecule has 0 nitrogen and oxygen atoms in total. The molecule has 0 amide bonds. The Kier molecular flexibility index (Phi) is 5.95. The Bertz CT molecular complexity index is 92.1. The van der Waals surface area contributed by atoms with E-state index >= 15 is 0 Å². The number of hydrogen-bond donors (Lipinski definition) is 0. The molecule has 0 aromatic carbocycles. The second-order valence-electron chi connectivity index (χ2n) is 2.44. The van der Waals surface area contributed by atoms with Crippen molar-refractivity contribution in [1.29, 1.82) is 0 Å². The molecule has 0 aromatic rings. The summed E-state index contributed by atoms with van der Waals surface area (Å²) in [5.74, 6) is 0. The highest BCUT2D eigenvalue weighted by Gasteiger charge is 2.05. The minimum atomic E-state index is 0.674. The van der Waals surface area contributed by atoms with Crippen LogP contribution in [0.25, 0.3) is 0 Å². The minimum Gasteiger partial charge on any atom is -0.104 e. The van der Waals surface area contributed by atoms with Crippen LogP contribution in [0.3, 0.4) is 0 Å². The van der Waals surface area contributed by atoms with Crippen LogP contribution in [0.2, 0.25) is 19.0 Å². The molecule has 0 fully saturated rings. The first-order valence-electron chi connectivity index (χ1n) is 3.67. The van der Waals surface area contributed by atoms with Gasteiger partial charge in [0, 0.05) is 0 Å². The molecule has 0 unspecified atom stereocenters. The van der Waals surface area contributed by atoms with Crippen molar-refractivity contribution in [2.75, 3.05) is 0 Å². The Balaban J connectivity index is 3.58. The van der Waals surface area contributed by atoms with E-state index in [2.05, 4.69) is 19.7 Å². The summed E-state index contributed by atoms with van der Waals surface area (Å²) in [5.41, 5.74) is 0. The van der Waals surface area contributed by atoms with Crippen molar-refractivity contribution < 1.29 is 0 Å². The highest BCUT2D eigenvalue weighted by atomic mass is 13.7. The molecule has 0 heterocycles. The average Bonchev–Trinajstić information content (AvgIpc) is 1.90. The third-order valence-corrected chi connectivity index (χ3v) is 1.50. The SMILES string of the molecule is C=CCB(CC=C)CC=C. The van der Waals surface area contributed by atoms with Gasteiger partial charge in [0.25, 0.3) is 0 Å². The molecule has 0 aromatic heterocycles. The molecule has 0 rings (SSSR count). The summed E-state index contributed by atoms with van der Waals surface area (Å²) < 4.78 is 0. The monoisotopic (exact) mass is 134 g/mol. The van der Waals surface area contributed by atoms with Crippen molar-refractivity contribution >= 4 is 6.71 Å². The van der Waals surface area contributed by atoms with Gasteiger partial charge in [-0.1, -0.05) is 37.2 Å². The van der Waals surface area contributed by atoms with E-state index in [0.717, 1.165) is 19.0 Å². The summed E-state index contributed by atoms with van der Waals surface area (Å²) in [6.45, 7) is 11.8. The molecular weight excluding hydrogens is 119 g/mol. The topological polar surface area (TPSA) is 0 Å². The van der Waals surface area contributed by atoms with E-state index in [4.69, 9.17) is 0 Å². The maximum absolute atomic E-state index is 3.70. The summed E-state index contributed by atoms with van der Waals surface area (Å²) in [6.07, 6.45) is 9.07. The van der Waals surface area contributed by atoms with Gasteiger partial charge in [0.15, 0.2) is 6.71 Å². The fourth-order valence-electron chi connectivity index (χ4n) is 0.996. The number of allylic oxidation sites excluding steroid dienone is 3. The molecule has 0 spiro atoms. The highest BCUT2D eigenvalue weighted by molar-refractivity contribution is 6.60. The quantitative estimate of drug-likeness (QED) is 0.386. The molecule has 1 heteroatoms. The van der Waals surface area contributed by atoms with Gasteiger partial charge in [0.1, 0.15) is 0 Å². The summed E-state index contributed by atoms with van der Waals surface area (Å²) in [4.78, 5) is 0. The van der Waals surface area contributed by atoms with E-state index in [1.54, 1.807) is 0 Å². The van der Waals surface area contributed by atoms with E-state index in [1.165, 1.54) is 0 Å². The molecule has 0 aliphatic rings. The van der Waals surface area contributed by atoms with Crippen LogP contribution in [0.15, 0.2) is 38.0 Å². The molecular formula is C9H15B. The lowest BCUT2D eigenvalue weighted by molar-refractivity contribution is 1.45. The van der Waals surface area contributed by atoms with Crippen molar-refractivity contribution in [2.45, 2.75) is 19.0 Å². The zero-order chi connectivity index (χ0) is 7.82. The van der Waals surface area contributed by atoms with Crippen LogP contribution < -0.4 is 0 Å². The van der Waals surface area contributed by atoms with Crippen LogP contribution in [0.5, 0.6) is 0 Å². The molecule has 0 saturated heterocycles. The van der Waals surface area contributed by atoms with E-state index in [9.17, 15) is 0 Å². The predicted octanol–water partition coefficient (Wildman–Crippen LogP) is 3.04. The summed E-state index contributed by atoms with van der Waals surface area (Å²) in [6, 6.07) is 0. The Morgan fingerprint density at radius 3 is 1.30 bits per heavy atom. The standard InChI is InChI=1S/C9H15B/c1-4-7-10(8-5-2)9-6-3/h4-6H,1-3,7-9H2. The molecule has 0 aliphatic heterocycles. The minimum absolute atomic E-state index is 0.674. The third kappa shape index (κ3) is 4.19. The second kappa shape index (κ2) is 6.41. The van der Waals surface area contributed by atoms with Crippen LogP contribution in [-0.2, 0) is 0 Å². The number of rotatable bonds is 6. The van der Waals surface area contributed by atoms with Gasteiger partial charge in [0.05, 0.1) is 0 Å². The van der Waals surface area contributed by atoms with Gasteiger partial charge < -0.3 is 0 Å². The molecule has 0 radical (unpaired) electrons. The van der Waals surface area contributed by atoms with Gasteiger partial charge in [-0.2, -0.15) is 0 Å². The van der Waals surface area contributed by atoms with Crippen LogP contribution in [0.4, 0.5) is 0 Å². The molecule has 0 saturated carbocycles. The second-order valence-corrected chi connectivity index (χ2v) is 2.44. The summed E-state index contributed by atoms with van der Waals surface area (Å²) >= 11 is 0. The third-order valence-electron chi connectivity index (χ3n) is 1.50. The van der Waals surface area contributed by atoms with E-state index in [0.29, 0.717) is 6.71 Å². The first-order valence-corrected chi connectivity index (χ1v) is 3.67. The first kappa shape index (κ1) is 9.28. The maximum Gasteiger partial charge on any atom is 0.151 e. The fraction of sp³-hybridized carbons (Fsp3) is 0.333. The normalized spacial score (nSPS) is 8.40. The van der Waals surface area contributed by atoms with Crippen LogP contribution in [0, 0.1) is 0 Å². The zero-order valence-electron chi connectivity index (χ0n) is 6.55. The summed E-state index contributed by atoms with van der Waals surface area (Å²) in [7, 11) is 0. The molecule has 0 aliphatic carbocycles. The summed E-state index contributed by atoms with van der Waals surface area (Å²) in [5, 5.41) is 0. The van der Waals surface area contributed by atoms with Crippen LogP contribution in [-0.4, -0.2) is 6.71 Å². The molecule has 54 valence electrons. The smallest absolute Gasteiger partial charge is 0.104 e. The first-order chi connectivity index (χ1) is 4.85. The van der Waals surface area contributed by atoms with Crippen molar-refractivity contribution in [1.82, 2.24) is 0 Å². The Hall–Kier alpha value is -0.715. The van der Waals surface area contributed by atoms with Crippen molar-refractivity contribution in [2.24, 2.45) is 0 Å². The van der Waals surface area contributed by atoms with Gasteiger partial charge in [0.2, 0.25) is 0 Å². The Morgan fingerprint density at radius 2 is 1.10 bits per heavy atom. The van der Waals surface area contributed by atoms with Crippen molar-refractivity contribution in [3.8, 4) is 0 Å². The van der Waals surface area contributed by atoms with Gasteiger partial charge in [-0.15, -0.1) is 19.7 Å². The molecule has 0 N–H and O–H groups in total. The number of hydrogen-bond acceptors (Lipinski definition) is 0. The fourth-order valence-corrected chi connectivity index (χ4v) is 0.996. The lowest BCUT2D eigenvalue weighted by atomic mass is 9.43. The van der Waals surface area contributed by atoms with Crippen molar-refractivity contribution in [3.05, 3.63) is 38.0 Å².